The molecule has 0 bridgehead atoms. The van der Waals surface area contributed by atoms with Gasteiger partial charge in [-0.05, 0) is 18.2 Å². The Hall–Kier alpha value is -3.31. The minimum absolute atomic E-state index is 0.126. The number of carbonyl (C=O) groups excluding carboxylic acids is 1. The predicted octanol–water partition coefficient (Wildman–Crippen LogP) is 4.68. The molecular weight excluding hydrogens is 368 g/mol. The summed E-state index contributed by atoms with van der Waals surface area (Å²) in [4.78, 5) is 13.4. The van der Waals surface area contributed by atoms with Crippen LogP contribution >= 0.6 is 0 Å². The van der Waals surface area contributed by atoms with Crippen LogP contribution in [0, 0.1) is 0 Å². The lowest BCUT2D eigenvalue weighted by atomic mass is 9.90. The molecule has 3 rings (SSSR count). The third-order valence-electron chi connectivity index (χ3n) is 4.78. The zero-order chi connectivity index (χ0) is 20.8. The van der Waals surface area contributed by atoms with Crippen LogP contribution in [-0.2, 0) is 4.74 Å². The Morgan fingerprint density at radius 1 is 0.724 bits per heavy atom. The summed E-state index contributed by atoms with van der Waals surface area (Å²) in [6.07, 6.45) is -0.598. The Morgan fingerprint density at radius 3 is 2.00 bits per heavy atom. The molecule has 0 radical (unpaired) electrons. The van der Waals surface area contributed by atoms with Crippen molar-refractivity contribution in [2.75, 3.05) is 28.4 Å². The van der Waals surface area contributed by atoms with Crippen molar-refractivity contribution in [2.45, 2.75) is 6.10 Å². The summed E-state index contributed by atoms with van der Waals surface area (Å²) in [5.74, 6) is 1.50. The van der Waals surface area contributed by atoms with Crippen LogP contribution in [0.4, 0.5) is 0 Å². The minimum Gasteiger partial charge on any atom is -0.496 e. The molecule has 0 heterocycles. The first-order valence-corrected chi connectivity index (χ1v) is 9.16. The topological polar surface area (TPSA) is 54.0 Å². The molecular formula is C24H24O5. The molecule has 0 N–H and O–H groups in total. The van der Waals surface area contributed by atoms with Crippen LogP contribution in [0.25, 0.3) is 0 Å². The Morgan fingerprint density at radius 2 is 1.38 bits per heavy atom. The first kappa shape index (κ1) is 20.4. The highest BCUT2D eigenvalue weighted by Gasteiger charge is 2.29. The van der Waals surface area contributed by atoms with E-state index in [0.717, 1.165) is 5.56 Å². The summed E-state index contributed by atoms with van der Waals surface area (Å²) in [7, 11) is 6.30. The first-order chi connectivity index (χ1) is 14.2. The van der Waals surface area contributed by atoms with Gasteiger partial charge < -0.3 is 18.9 Å². The predicted molar refractivity (Wildman–Crippen MR) is 111 cm³/mol. The molecule has 5 nitrogen and oxygen atoms in total. The highest BCUT2D eigenvalue weighted by Crippen LogP contribution is 2.43. The third kappa shape index (κ3) is 3.96. The fraction of sp³-hybridized carbons (Fsp3) is 0.208. The second kappa shape index (κ2) is 9.26. The summed E-state index contributed by atoms with van der Waals surface area (Å²) in [5, 5.41) is 0. The van der Waals surface area contributed by atoms with Crippen LogP contribution in [0.1, 0.15) is 33.2 Å². The lowest BCUT2D eigenvalue weighted by Gasteiger charge is -2.24. The van der Waals surface area contributed by atoms with E-state index >= 15 is 0 Å². The summed E-state index contributed by atoms with van der Waals surface area (Å²) >= 11 is 0. The standard InChI is InChI=1S/C24H24O5/c1-26-19-13-9-8-12-17(19)23(28-3)21-18(14-15-20(27-2)24(21)29-4)22(25)16-10-6-5-7-11-16/h5-15,23H,1-4H3. The molecule has 1 atom stereocenters. The number of ether oxygens (including phenoxy) is 4. The Bertz CT molecular complexity index is 982. The third-order valence-corrected chi connectivity index (χ3v) is 4.78. The number of hydrogen-bond acceptors (Lipinski definition) is 5. The van der Waals surface area contributed by atoms with Gasteiger partial charge in [-0.3, -0.25) is 4.79 Å². The fourth-order valence-electron chi connectivity index (χ4n) is 3.44. The molecule has 0 aliphatic heterocycles. The van der Waals surface area contributed by atoms with Crippen LogP contribution < -0.4 is 14.2 Å². The van der Waals surface area contributed by atoms with Gasteiger partial charge in [0.1, 0.15) is 11.9 Å². The molecule has 0 aromatic heterocycles. The maximum atomic E-state index is 13.4. The average molecular weight is 392 g/mol. The quantitative estimate of drug-likeness (QED) is 0.521. The van der Waals surface area contributed by atoms with Gasteiger partial charge >= 0.3 is 0 Å². The number of para-hydroxylation sites is 1. The SMILES string of the molecule is COc1ccccc1C(OC)c1c(C(=O)c2ccccc2)ccc(OC)c1OC. The number of rotatable bonds is 8. The maximum Gasteiger partial charge on any atom is 0.193 e. The highest BCUT2D eigenvalue weighted by atomic mass is 16.5. The minimum atomic E-state index is -0.598. The van der Waals surface area contributed by atoms with E-state index in [0.29, 0.717) is 33.9 Å². The van der Waals surface area contributed by atoms with Crippen molar-refractivity contribution in [3.05, 3.63) is 89.0 Å². The number of ketones is 1. The second-order valence-electron chi connectivity index (χ2n) is 6.32. The van der Waals surface area contributed by atoms with Crippen LogP contribution in [-0.4, -0.2) is 34.2 Å². The number of benzene rings is 3. The van der Waals surface area contributed by atoms with Gasteiger partial charge in [0.15, 0.2) is 17.3 Å². The largest absolute Gasteiger partial charge is 0.496 e. The molecule has 5 heteroatoms. The van der Waals surface area contributed by atoms with Crippen LogP contribution in [0.5, 0.6) is 17.2 Å². The van der Waals surface area contributed by atoms with Gasteiger partial charge in [-0.25, -0.2) is 0 Å². The molecule has 0 saturated heterocycles. The lowest BCUT2D eigenvalue weighted by molar-refractivity contribution is 0.102. The lowest BCUT2D eigenvalue weighted by Crippen LogP contribution is -2.14. The van der Waals surface area contributed by atoms with Crippen LogP contribution in [0.3, 0.4) is 0 Å². The van der Waals surface area contributed by atoms with Gasteiger partial charge in [0, 0.05) is 29.4 Å². The van der Waals surface area contributed by atoms with E-state index in [-0.39, 0.29) is 5.78 Å². The summed E-state index contributed by atoms with van der Waals surface area (Å²) in [5.41, 5.74) is 2.43. The monoisotopic (exact) mass is 392 g/mol. The van der Waals surface area contributed by atoms with Crippen molar-refractivity contribution in [1.29, 1.82) is 0 Å². The Balaban J connectivity index is 2.28. The van der Waals surface area contributed by atoms with Crippen molar-refractivity contribution in [2.24, 2.45) is 0 Å². The summed E-state index contributed by atoms with van der Waals surface area (Å²) in [6.45, 7) is 0. The number of carbonyl (C=O) groups is 1. The smallest absolute Gasteiger partial charge is 0.193 e. The molecule has 0 amide bonds. The van der Waals surface area contributed by atoms with E-state index in [1.807, 2.05) is 42.5 Å². The molecule has 3 aromatic carbocycles. The molecule has 0 fully saturated rings. The van der Waals surface area contributed by atoms with E-state index in [4.69, 9.17) is 18.9 Å². The van der Waals surface area contributed by atoms with Crippen molar-refractivity contribution in [3.63, 3.8) is 0 Å². The number of hydrogen-bond donors (Lipinski definition) is 0. The highest BCUT2D eigenvalue weighted by molar-refractivity contribution is 6.10. The van der Waals surface area contributed by atoms with Gasteiger partial charge in [0.2, 0.25) is 0 Å². The Labute approximate surface area is 170 Å². The molecule has 29 heavy (non-hydrogen) atoms. The second-order valence-corrected chi connectivity index (χ2v) is 6.32. The zero-order valence-corrected chi connectivity index (χ0v) is 17.0. The fourth-order valence-corrected chi connectivity index (χ4v) is 3.44. The average Bonchev–Trinajstić information content (AvgIpc) is 2.79. The van der Waals surface area contributed by atoms with Gasteiger partial charge in [0.05, 0.1) is 21.3 Å². The molecule has 0 aliphatic carbocycles. The Kier molecular flexibility index (Phi) is 6.52. The van der Waals surface area contributed by atoms with Crippen molar-refractivity contribution in [3.8, 4) is 17.2 Å². The molecule has 0 spiro atoms. The normalized spacial score (nSPS) is 11.6. The van der Waals surface area contributed by atoms with Gasteiger partial charge in [-0.15, -0.1) is 0 Å². The zero-order valence-electron chi connectivity index (χ0n) is 17.0. The summed E-state index contributed by atoms with van der Waals surface area (Å²) in [6, 6.07) is 20.1. The molecule has 150 valence electrons. The van der Waals surface area contributed by atoms with Gasteiger partial charge in [0.25, 0.3) is 0 Å². The van der Waals surface area contributed by atoms with Gasteiger partial charge in [-0.1, -0.05) is 48.5 Å². The van der Waals surface area contributed by atoms with Crippen molar-refractivity contribution >= 4 is 5.78 Å². The van der Waals surface area contributed by atoms with Crippen LogP contribution in [0.2, 0.25) is 0 Å². The molecule has 3 aromatic rings. The van der Waals surface area contributed by atoms with E-state index in [1.165, 1.54) is 0 Å². The molecule has 0 aliphatic rings. The van der Waals surface area contributed by atoms with E-state index in [9.17, 15) is 4.79 Å². The van der Waals surface area contributed by atoms with E-state index < -0.39 is 6.10 Å². The van der Waals surface area contributed by atoms with E-state index in [1.54, 1.807) is 52.7 Å². The first-order valence-electron chi connectivity index (χ1n) is 9.16. The van der Waals surface area contributed by atoms with Crippen molar-refractivity contribution < 1.29 is 23.7 Å². The van der Waals surface area contributed by atoms with Gasteiger partial charge in [-0.2, -0.15) is 0 Å². The maximum absolute atomic E-state index is 13.4. The van der Waals surface area contributed by atoms with Crippen molar-refractivity contribution in [1.82, 2.24) is 0 Å². The molecule has 0 saturated carbocycles. The molecule has 1 unspecified atom stereocenters. The van der Waals surface area contributed by atoms with Crippen LogP contribution in [0.15, 0.2) is 66.7 Å². The summed E-state index contributed by atoms with van der Waals surface area (Å²) < 4.78 is 22.5. The number of methoxy groups -OCH3 is 4. The van der Waals surface area contributed by atoms with E-state index in [2.05, 4.69) is 0 Å².